The van der Waals surface area contributed by atoms with E-state index in [1.54, 1.807) is 27.8 Å². The van der Waals surface area contributed by atoms with Crippen LogP contribution in [0.15, 0.2) is 77.1 Å². The highest BCUT2D eigenvalue weighted by molar-refractivity contribution is 7.99. The van der Waals surface area contributed by atoms with Crippen LogP contribution in [0.5, 0.6) is 0 Å². The molecule has 1 atom stereocenters. The number of fused-ring (bicyclic) bond motifs is 2. The smallest absolute Gasteiger partial charge is 0.416 e. The SMILES string of the molecule is CC(CSc1ccc2c(CC(=O)O)csc2c1)c1cccc2cn(-c3ccc(C(F)(F)F)cc3)nc12. The molecule has 0 fully saturated rings. The number of thiophene rings is 1. The van der Waals surface area contributed by atoms with Gasteiger partial charge in [0.05, 0.1) is 23.2 Å². The van der Waals surface area contributed by atoms with Gasteiger partial charge in [-0.1, -0.05) is 31.2 Å². The highest BCUT2D eigenvalue weighted by Crippen LogP contribution is 2.35. The number of carboxylic acids is 1. The summed E-state index contributed by atoms with van der Waals surface area (Å²) in [4.78, 5) is 12.2. The van der Waals surface area contributed by atoms with Crippen molar-refractivity contribution >= 4 is 50.1 Å². The Morgan fingerprint density at radius 3 is 2.64 bits per heavy atom. The lowest BCUT2D eigenvalue weighted by molar-refractivity contribution is -0.138. The van der Waals surface area contributed by atoms with Gasteiger partial charge in [-0.2, -0.15) is 18.3 Å². The molecule has 0 aliphatic carbocycles. The van der Waals surface area contributed by atoms with Gasteiger partial charge in [-0.05, 0) is 64.2 Å². The molecule has 5 rings (SSSR count). The number of alkyl halides is 3. The number of halogens is 3. The quantitative estimate of drug-likeness (QED) is 0.220. The number of carbonyl (C=O) groups is 1. The first kappa shape index (κ1) is 24.4. The zero-order chi connectivity index (χ0) is 25.4. The number of thioether (sulfide) groups is 1. The topological polar surface area (TPSA) is 55.1 Å². The first-order valence-corrected chi connectivity index (χ1v) is 13.1. The lowest BCUT2D eigenvalue weighted by Crippen LogP contribution is -2.05. The molecule has 2 aromatic heterocycles. The van der Waals surface area contributed by atoms with Crippen molar-refractivity contribution in [3.05, 3.63) is 88.9 Å². The molecule has 1 N–H and O–H groups in total. The van der Waals surface area contributed by atoms with Gasteiger partial charge in [-0.3, -0.25) is 4.79 Å². The maximum atomic E-state index is 12.9. The van der Waals surface area contributed by atoms with E-state index >= 15 is 0 Å². The molecular weight excluding hydrogens is 505 g/mol. The molecule has 1 unspecified atom stereocenters. The number of rotatable bonds is 7. The van der Waals surface area contributed by atoms with Crippen molar-refractivity contribution in [2.24, 2.45) is 0 Å². The number of nitrogens with zero attached hydrogens (tertiary/aromatic N) is 2. The monoisotopic (exact) mass is 526 g/mol. The van der Waals surface area contributed by atoms with Gasteiger partial charge in [0.1, 0.15) is 0 Å². The van der Waals surface area contributed by atoms with Crippen LogP contribution in [0.2, 0.25) is 0 Å². The maximum absolute atomic E-state index is 12.9. The van der Waals surface area contributed by atoms with E-state index in [4.69, 9.17) is 10.2 Å². The minimum atomic E-state index is -4.37. The fraction of sp³-hybridized carbons (Fsp3) is 0.185. The van der Waals surface area contributed by atoms with Crippen LogP contribution in [0.1, 0.15) is 29.5 Å². The van der Waals surface area contributed by atoms with E-state index in [-0.39, 0.29) is 12.3 Å². The molecule has 0 spiro atoms. The predicted octanol–water partition coefficient (Wildman–Crippen LogP) is 7.78. The van der Waals surface area contributed by atoms with E-state index < -0.39 is 17.7 Å². The molecule has 9 heteroatoms. The molecule has 0 bridgehead atoms. The van der Waals surface area contributed by atoms with E-state index in [1.807, 2.05) is 41.9 Å². The fourth-order valence-corrected chi connectivity index (χ4v) is 6.23. The third kappa shape index (κ3) is 4.99. The largest absolute Gasteiger partial charge is 0.481 e. The molecule has 0 saturated heterocycles. The fourth-order valence-electron chi connectivity index (χ4n) is 4.17. The number of aliphatic carboxylic acids is 1. The molecule has 0 amide bonds. The van der Waals surface area contributed by atoms with E-state index in [9.17, 15) is 18.0 Å². The molecule has 5 aromatic rings. The average molecular weight is 527 g/mol. The van der Waals surface area contributed by atoms with Crippen LogP contribution in [0, 0.1) is 0 Å². The summed E-state index contributed by atoms with van der Waals surface area (Å²) in [6.07, 6.45) is -2.52. The lowest BCUT2D eigenvalue weighted by Gasteiger charge is -2.12. The van der Waals surface area contributed by atoms with Gasteiger partial charge in [0.25, 0.3) is 0 Å². The third-order valence-electron chi connectivity index (χ3n) is 6.03. The summed E-state index contributed by atoms with van der Waals surface area (Å²) >= 11 is 3.28. The Balaban J connectivity index is 1.34. The first-order chi connectivity index (χ1) is 17.2. The predicted molar refractivity (Wildman–Crippen MR) is 138 cm³/mol. The number of carboxylic acid groups (broad SMARTS) is 1. The van der Waals surface area contributed by atoms with Crippen molar-refractivity contribution in [3.63, 3.8) is 0 Å². The Bertz CT molecular complexity index is 1560. The molecular formula is C27H21F3N2O2S2. The molecule has 2 heterocycles. The van der Waals surface area contributed by atoms with Crippen molar-refractivity contribution in [3.8, 4) is 5.69 Å². The summed E-state index contributed by atoms with van der Waals surface area (Å²) in [5, 5.41) is 17.6. The van der Waals surface area contributed by atoms with E-state index in [0.29, 0.717) is 5.69 Å². The lowest BCUT2D eigenvalue weighted by atomic mass is 10.0. The molecule has 0 aliphatic rings. The van der Waals surface area contributed by atoms with Crippen molar-refractivity contribution < 1.29 is 23.1 Å². The zero-order valence-electron chi connectivity index (χ0n) is 19.1. The highest BCUT2D eigenvalue weighted by atomic mass is 32.2. The standard InChI is InChI=1S/C27H21F3N2O2S2/c1-16(14-35-21-9-10-23-18(11-25(33)34)15-36-24(23)12-21)22-4-2-3-17-13-32(31-26(17)22)20-7-5-19(6-8-20)27(28,29)30/h2-10,12-13,15-16H,11,14H2,1H3,(H,33,34). The summed E-state index contributed by atoms with van der Waals surface area (Å²) in [5.74, 6) is 0.152. The Morgan fingerprint density at radius 1 is 1.14 bits per heavy atom. The summed E-state index contributed by atoms with van der Waals surface area (Å²) in [6, 6.07) is 17.1. The van der Waals surface area contributed by atoms with Crippen LogP contribution >= 0.6 is 23.1 Å². The Hall–Kier alpha value is -3.30. The van der Waals surface area contributed by atoms with Gasteiger partial charge >= 0.3 is 12.1 Å². The second-order valence-electron chi connectivity index (χ2n) is 8.60. The Kier molecular flexibility index (Phi) is 6.53. The molecule has 4 nitrogen and oxygen atoms in total. The number of aromatic nitrogens is 2. The Labute approximate surface area is 213 Å². The second-order valence-corrected chi connectivity index (χ2v) is 10.6. The zero-order valence-corrected chi connectivity index (χ0v) is 20.8. The van der Waals surface area contributed by atoms with Crippen molar-refractivity contribution in [2.75, 3.05) is 5.75 Å². The van der Waals surface area contributed by atoms with Crippen LogP contribution in [0.3, 0.4) is 0 Å². The van der Waals surface area contributed by atoms with Gasteiger partial charge in [0, 0.05) is 26.9 Å². The minimum Gasteiger partial charge on any atom is -0.481 e. The van der Waals surface area contributed by atoms with Gasteiger partial charge in [0.2, 0.25) is 0 Å². The maximum Gasteiger partial charge on any atom is 0.416 e. The number of benzene rings is 3. The summed E-state index contributed by atoms with van der Waals surface area (Å²) in [6.45, 7) is 2.13. The van der Waals surface area contributed by atoms with Crippen LogP contribution in [-0.2, 0) is 17.4 Å². The van der Waals surface area contributed by atoms with Crippen LogP contribution in [0.25, 0.3) is 26.7 Å². The molecule has 36 heavy (non-hydrogen) atoms. The molecule has 0 saturated carbocycles. The summed E-state index contributed by atoms with van der Waals surface area (Å²) in [5.41, 5.74) is 2.62. The van der Waals surface area contributed by atoms with Gasteiger partial charge in [-0.15, -0.1) is 23.1 Å². The highest BCUT2D eigenvalue weighted by Gasteiger charge is 2.30. The third-order valence-corrected chi connectivity index (χ3v) is 8.27. The van der Waals surface area contributed by atoms with E-state index in [2.05, 4.69) is 13.0 Å². The first-order valence-electron chi connectivity index (χ1n) is 11.2. The molecule has 0 radical (unpaired) electrons. The minimum absolute atomic E-state index is 0.0205. The molecule has 184 valence electrons. The second kappa shape index (κ2) is 9.63. The van der Waals surface area contributed by atoms with Crippen molar-refractivity contribution in [1.82, 2.24) is 9.78 Å². The Morgan fingerprint density at radius 2 is 1.92 bits per heavy atom. The van der Waals surface area contributed by atoms with Gasteiger partial charge in [0.15, 0.2) is 0 Å². The van der Waals surface area contributed by atoms with Crippen molar-refractivity contribution in [1.29, 1.82) is 0 Å². The van der Waals surface area contributed by atoms with Gasteiger partial charge < -0.3 is 5.11 Å². The van der Waals surface area contributed by atoms with Gasteiger partial charge in [-0.25, -0.2) is 4.68 Å². The van der Waals surface area contributed by atoms with E-state index in [1.165, 1.54) is 12.1 Å². The van der Waals surface area contributed by atoms with Crippen LogP contribution in [0.4, 0.5) is 13.2 Å². The van der Waals surface area contributed by atoms with Crippen molar-refractivity contribution in [2.45, 2.75) is 30.3 Å². The van der Waals surface area contributed by atoms with Crippen LogP contribution < -0.4 is 0 Å². The van der Waals surface area contributed by atoms with E-state index in [0.717, 1.165) is 54.9 Å². The average Bonchev–Trinajstić information content (AvgIpc) is 3.45. The summed E-state index contributed by atoms with van der Waals surface area (Å²) in [7, 11) is 0. The number of hydrogen-bond acceptors (Lipinski definition) is 4. The number of hydrogen-bond donors (Lipinski definition) is 1. The summed E-state index contributed by atoms with van der Waals surface area (Å²) < 4.78 is 41.4. The molecule has 3 aromatic carbocycles. The normalized spacial score (nSPS) is 12.9. The molecule has 0 aliphatic heterocycles. The van der Waals surface area contributed by atoms with Crippen LogP contribution in [-0.4, -0.2) is 26.6 Å².